The van der Waals surface area contributed by atoms with Crippen LogP contribution in [0.4, 0.5) is 5.82 Å². The summed E-state index contributed by atoms with van der Waals surface area (Å²) in [5.74, 6) is 0.164. The fraction of sp³-hybridized carbons (Fsp3) is 0.200. The predicted octanol–water partition coefficient (Wildman–Crippen LogP) is 5.33. The maximum absolute atomic E-state index is 12.6. The highest BCUT2D eigenvalue weighted by Gasteiger charge is 2.16. The molecule has 174 valence electrons. The first-order valence-electron chi connectivity index (χ1n) is 10.6. The average Bonchev–Trinajstić information content (AvgIpc) is 3.12. The van der Waals surface area contributed by atoms with E-state index in [1.54, 1.807) is 16.8 Å². The molecule has 0 unspecified atom stereocenters. The molecule has 4 aromatic rings. The van der Waals surface area contributed by atoms with Crippen molar-refractivity contribution in [2.24, 2.45) is 0 Å². The van der Waals surface area contributed by atoms with E-state index < -0.39 is 11.8 Å². The number of fused-ring (bicyclic) bond motifs is 1. The van der Waals surface area contributed by atoms with Gasteiger partial charge in [-0.3, -0.25) is 9.59 Å². The minimum absolute atomic E-state index is 0.211. The van der Waals surface area contributed by atoms with Crippen LogP contribution in [0.3, 0.4) is 0 Å². The first-order chi connectivity index (χ1) is 16.1. The van der Waals surface area contributed by atoms with E-state index in [1.165, 1.54) is 17.7 Å². The number of carbonyl (C=O) groups excluding carboxylic acids is 2. The first kappa shape index (κ1) is 23.7. The van der Waals surface area contributed by atoms with Crippen molar-refractivity contribution in [2.45, 2.75) is 27.7 Å². The lowest BCUT2D eigenvalue weighted by Gasteiger charge is -2.13. The number of hydrogen-bond acceptors (Lipinski definition) is 4. The summed E-state index contributed by atoms with van der Waals surface area (Å²) < 4.78 is 1.59. The molecular weight excluding hydrogens is 473 g/mol. The Labute approximate surface area is 207 Å². The summed E-state index contributed by atoms with van der Waals surface area (Å²) in [4.78, 5) is 29.8. The van der Waals surface area contributed by atoms with E-state index in [0.717, 1.165) is 22.0 Å². The Balaban J connectivity index is 1.55. The van der Waals surface area contributed by atoms with Crippen LogP contribution in [0.25, 0.3) is 16.7 Å². The fourth-order valence-corrected chi connectivity index (χ4v) is 4.31. The zero-order chi connectivity index (χ0) is 24.6. The summed E-state index contributed by atoms with van der Waals surface area (Å²) >= 11 is 11.9. The molecule has 2 aromatic heterocycles. The van der Waals surface area contributed by atoms with Gasteiger partial charge in [0.1, 0.15) is 5.82 Å². The Morgan fingerprint density at radius 2 is 1.74 bits per heavy atom. The standard InChI is InChI=1S/C25H23Cl2N5O2/c1-13-7-15(3)24-19(8-13)14(2)9-21(30-24)32-22(10-16(4)31-32)29-23(33)12-28-25(34)18-6-5-17(26)11-20(18)27/h5-11H,12H2,1-4H3,(H,28,34)(H,29,33). The van der Waals surface area contributed by atoms with Crippen molar-refractivity contribution < 1.29 is 9.59 Å². The monoisotopic (exact) mass is 495 g/mol. The number of amides is 2. The zero-order valence-electron chi connectivity index (χ0n) is 19.2. The predicted molar refractivity (Wildman–Crippen MR) is 135 cm³/mol. The molecule has 0 spiro atoms. The SMILES string of the molecule is Cc1cc(C)c2nc(-n3nc(C)cc3NC(=O)CNC(=O)c3ccc(Cl)cc3Cl)cc(C)c2c1. The van der Waals surface area contributed by atoms with Crippen molar-refractivity contribution in [1.29, 1.82) is 0 Å². The minimum Gasteiger partial charge on any atom is -0.343 e. The summed E-state index contributed by atoms with van der Waals surface area (Å²) in [6, 6.07) is 12.4. The van der Waals surface area contributed by atoms with Gasteiger partial charge < -0.3 is 10.6 Å². The Kier molecular flexibility index (Phi) is 6.59. The van der Waals surface area contributed by atoms with Gasteiger partial charge in [-0.15, -0.1) is 0 Å². The van der Waals surface area contributed by atoms with Crippen LogP contribution in [0.5, 0.6) is 0 Å². The Morgan fingerprint density at radius 1 is 0.971 bits per heavy atom. The number of pyridine rings is 1. The number of rotatable bonds is 5. The van der Waals surface area contributed by atoms with Crippen LogP contribution in [-0.2, 0) is 4.79 Å². The molecule has 0 saturated carbocycles. The van der Waals surface area contributed by atoms with E-state index in [0.29, 0.717) is 22.4 Å². The van der Waals surface area contributed by atoms with E-state index in [9.17, 15) is 9.59 Å². The minimum atomic E-state index is -0.473. The van der Waals surface area contributed by atoms with Gasteiger partial charge in [0.05, 0.1) is 28.3 Å². The fourth-order valence-electron chi connectivity index (χ4n) is 3.82. The van der Waals surface area contributed by atoms with Gasteiger partial charge in [0.2, 0.25) is 5.91 Å². The molecule has 4 rings (SSSR count). The van der Waals surface area contributed by atoms with Gasteiger partial charge in [-0.2, -0.15) is 9.78 Å². The highest BCUT2D eigenvalue weighted by molar-refractivity contribution is 6.36. The summed E-state index contributed by atoms with van der Waals surface area (Å²) in [7, 11) is 0. The maximum Gasteiger partial charge on any atom is 0.253 e. The average molecular weight is 496 g/mol. The van der Waals surface area contributed by atoms with E-state index in [2.05, 4.69) is 34.8 Å². The number of nitrogens with one attached hydrogen (secondary N) is 2. The van der Waals surface area contributed by atoms with Crippen molar-refractivity contribution in [3.8, 4) is 5.82 Å². The third kappa shape index (κ3) is 4.90. The van der Waals surface area contributed by atoms with Crippen LogP contribution < -0.4 is 10.6 Å². The molecule has 7 nitrogen and oxygen atoms in total. The molecule has 0 saturated heterocycles. The maximum atomic E-state index is 12.6. The number of halogens is 2. The summed E-state index contributed by atoms with van der Waals surface area (Å²) in [6.45, 7) is 7.70. The Hall–Kier alpha value is -3.42. The highest BCUT2D eigenvalue weighted by atomic mass is 35.5. The lowest BCUT2D eigenvalue weighted by molar-refractivity contribution is -0.115. The van der Waals surface area contributed by atoms with Crippen molar-refractivity contribution in [2.75, 3.05) is 11.9 Å². The van der Waals surface area contributed by atoms with Gasteiger partial charge in [-0.05, 0) is 69.2 Å². The van der Waals surface area contributed by atoms with Crippen molar-refractivity contribution in [1.82, 2.24) is 20.1 Å². The second-order valence-electron chi connectivity index (χ2n) is 8.21. The Bertz CT molecular complexity index is 1450. The molecular formula is C25H23Cl2N5O2. The molecule has 34 heavy (non-hydrogen) atoms. The summed E-state index contributed by atoms with van der Waals surface area (Å²) in [6.07, 6.45) is 0. The Morgan fingerprint density at radius 3 is 2.47 bits per heavy atom. The molecule has 0 aliphatic rings. The number of aryl methyl sites for hydroxylation is 4. The van der Waals surface area contributed by atoms with E-state index >= 15 is 0 Å². The van der Waals surface area contributed by atoms with Crippen LogP contribution in [0.15, 0.2) is 42.5 Å². The molecule has 9 heteroatoms. The summed E-state index contributed by atoms with van der Waals surface area (Å²) in [5, 5.41) is 11.6. The number of aromatic nitrogens is 3. The lowest BCUT2D eigenvalue weighted by Crippen LogP contribution is -2.33. The van der Waals surface area contributed by atoms with Gasteiger partial charge in [0, 0.05) is 16.5 Å². The summed E-state index contributed by atoms with van der Waals surface area (Å²) in [5.41, 5.74) is 5.14. The van der Waals surface area contributed by atoms with Crippen molar-refractivity contribution >= 4 is 51.7 Å². The van der Waals surface area contributed by atoms with Crippen LogP contribution in [0.2, 0.25) is 10.0 Å². The molecule has 0 bridgehead atoms. The van der Waals surface area contributed by atoms with Crippen molar-refractivity contribution in [3.63, 3.8) is 0 Å². The first-order valence-corrected chi connectivity index (χ1v) is 11.4. The van der Waals surface area contributed by atoms with Gasteiger partial charge in [0.25, 0.3) is 5.91 Å². The largest absolute Gasteiger partial charge is 0.343 e. The molecule has 2 N–H and O–H groups in total. The number of carbonyl (C=O) groups is 2. The zero-order valence-corrected chi connectivity index (χ0v) is 20.7. The van der Waals surface area contributed by atoms with Crippen LogP contribution >= 0.6 is 23.2 Å². The highest BCUT2D eigenvalue weighted by Crippen LogP contribution is 2.26. The van der Waals surface area contributed by atoms with E-state index in [-0.39, 0.29) is 17.1 Å². The van der Waals surface area contributed by atoms with E-state index in [1.807, 2.05) is 26.8 Å². The normalized spacial score (nSPS) is 11.0. The molecule has 0 aliphatic heterocycles. The van der Waals surface area contributed by atoms with Crippen molar-refractivity contribution in [3.05, 3.63) is 80.5 Å². The second kappa shape index (κ2) is 9.44. The number of hydrogen-bond donors (Lipinski definition) is 2. The number of benzene rings is 2. The lowest BCUT2D eigenvalue weighted by atomic mass is 10.0. The molecule has 0 atom stereocenters. The third-order valence-electron chi connectivity index (χ3n) is 5.34. The molecule has 0 fully saturated rings. The van der Waals surface area contributed by atoms with Crippen LogP contribution in [0, 0.1) is 27.7 Å². The third-order valence-corrected chi connectivity index (χ3v) is 5.89. The molecule has 2 aromatic carbocycles. The second-order valence-corrected chi connectivity index (χ2v) is 9.06. The van der Waals surface area contributed by atoms with Crippen LogP contribution in [0.1, 0.15) is 32.7 Å². The molecule has 2 heterocycles. The number of nitrogens with zero attached hydrogens (tertiary/aromatic N) is 3. The molecule has 0 radical (unpaired) electrons. The number of anilines is 1. The van der Waals surface area contributed by atoms with E-state index in [4.69, 9.17) is 28.2 Å². The van der Waals surface area contributed by atoms with Gasteiger partial charge in [-0.25, -0.2) is 4.98 Å². The van der Waals surface area contributed by atoms with Gasteiger partial charge >= 0.3 is 0 Å². The molecule has 0 aliphatic carbocycles. The van der Waals surface area contributed by atoms with Crippen LogP contribution in [-0.4, -0.2) is 33.1 Å². The quantitative estimate of drug-likeness (QED) is 0.391. The van der Waals surface area contributed by atoms with Gasteiger partial charge in [0.15, 0.2) is 5.82 Å². The topological polar surface area (TPSA) is 88.9 Å². The molecule has 2 amide bonds. The van der Waals surface area contributed by atoms with Gasteiger partial charge in [-0.1, -0.05) is 34.8 Å². The smallest absolute Gasteiger partial charge is 0.253 e.